The fourth-order valence-corrected chi connectivity index (χ4v) is 2.81. The molecule has 0 bridgehead atoms. The van der Waals surface area contributed by atoms with Gasteiger partial charge in [-0.15, -0.1) is 0 Å². The third-order valence-electron chi connectivity index (χ3n) is 3.94. The Balaban J connectivity index is 1.88. The highest BCUT2D eigenvalue weighted by molar-refractivity contribution is 5.98. The maximum absolute atomic E-state index is 13.2. The van der Waals surface area contributed by atoms with Crippen LogP contribution in [0.1, 0.15) is 48.5 Å². The molecule has 2 heterocycles. The first-order chi connectivity index (χ1) is 10.6. The zero-order valence-electron chi connectivity index (χ0n) is 12.1. The van der Waals surface area contributed by atoms with Crippen LogP contribution in [0.5, 0.6) is 0 Å². The Labute approximate surface area is 127 Å². The SMILES string of the molecule is NC(=O)c1cn(C2CCCCC2)nc1Nc1ccnc(F)c1. The zero-order valence-corrected chi connectivity index (χ0v) is 12.1. The molecule has 1 fully saturated rings. The summed E-state index contributed by atoms with van der Waals surface area (Å²) in [5, 5.41) is 7.38. The molecule has 116 valence electrons. The van der Waals surface area contributed by atoms with Crippen molar-refractivity contribution in [2.45, 2.75) is 38.1 Å². The molecule has 0 saturated heterocycles. The molecule has 1 saturated carbocycles. The zero-order chi connectivity index (χ0) is 15.5. The molecule has 0 spiro atoms. The fraction of sp³-hybridized carbons (Fsp3) is 0.400. The predicted molar refractivity (Wildman–Crippen MR) is 80.3 cm³/mol. The summed E-state index contributed by atoms with van der Waals surface area (Å²) in [5.74, 6) is -0.805. The number of halogens is 1. The predicted octanol–water partition coefficient (Wildman–Crippen LogP) is 2.76. The van der Waals surface area contributed by atoms with Gasteiger partial charge in [-0.2, -0.15) is 9.49 Å². The molecule has 6 nitrogen and oxygen atoms in total. The van der Waals surface area contributed by atoms with E-state index in [0.29, 0.717) is 17.1 Å². The first-order valence-corrected chi connectivity index (χ1v) is 7.41. The monoisotopic (exact) mass is 303 g/mol. The van der Waals surface area contributed by atoms with E-state index in [1.807, 2.05) is 0 Å². The van der Waals surface area contributed by atoms with Crippen LogP contribution in [0, 0.1) is 5.95 Å². The number of primary amides is 1. The Bertz CT molecular complexity index is 678. The third kappa shape index (κ3) is 3.08. The summed E-state index contributed by atoms with van der Waals surface area (Å²) in [6, 6.07) is 3.13. The first kappa shape index (κ1) is 14.5. The molecular formula is C15H18FN5O. The van der Waals surface area contributed by atoms with Gasteiger partial charge in [-0.3, -0.25) is 9.48 Å². The van der Waals surface area contributed by atoms with Crippen molar-refractivity contribution in [1.82, 2.24) is 14.8 Å². The molecule has 1 aliphatic rings. The third-order valence-corrected chi connectivity index (χ3v) is 3.94. The van der Waals surface area contributed by atoms with Gasteiger partial charge < -0.3 is 11.1 Å². The summed E-state index contributed by atoms with van der Waals surface area (Å²) in [6.07, 6.45) is 8.68. The largest absolute Gasteiger partial charge is 0.365 e. The van der Waals surface area contributed by atoms with Crippen molar-refractivity contribution in [2.24, 2.45) is 5.73 Å². The average Bonchev–Trinajstić information content (AvgIpc) is 2.92. The summed E-state index contributed by atoms with van der Waals surface area (Å²) < 4.78 is 15.0. The Morgan fingerprint density at radius 2 is 2.14 bits per heavy atom. The summed E-state index contributed by atoms with van der Waals surface area (Å²) in [7, 11) is 0. The number of nitrogens with zero attached hydrogens (tertiary/aromatic N) is 3. The molecule has 7 heteroatoms. The van der Waals surface area contributed by atoms with Gasteiger partial charge in [-0.1, -0.05) is 19.3 Å². The molecule has 2 aromatic rings. The van der Waals surface area contributed by atoms with Crippen LogP contribution in [0.4, 0.5) is 15.9 Å². The van der Waals surface area contributed by atoms with Gasteiger partial charge in [0.15, 0.2) is 5.82 Å². The summed E-state index contributed by atoms with van der Waals surface area (Å²) in [4.78, 5) is 15.1. The number of nitrogens with two attached hydrogens (primary N) is 1. The Kier molecular flexibility index (Phi) is 4.04. The van der Waals surface area contributed by atoms with Gasteiger partial charge in [-0.05, 0) is 18.9 Å². The van der Waals surface area contributed by atoms with Crippen molar-refractivity contribution >= 4 is 17.4 Å². The lowest BCUT2D eigenvalue weighted by Gasteiger charge is -2.21. The quantitative estimate of drug-likeness (QED) is 0.850. The van der Waals surface area contributed by atoms with Gasteiger partial charge in [0.25, 0.3) is 5.91 Å². The number of rotatable bonds is 4. The lowest BCUT2D eigenvalue weighted by Crippen LogP contribution is -2.14. The number of hydrogen-bond donors (Lipinski definition) is 2. The first-order valence-electron chi connectivity index (χ1n) is 7.41. The molecule has 3 rings (SSSR count). The maximum atomic E-state index is 13.2. The van der Waals surface area contributed by atoms with Crippen LogP contribution in [0.15, 0.2) is 24.5 Å². The second-order valence-electron chi connectivity index (χ2n) is 5.52. The summed E-state index contributed by atoms with van der Waals surface area (Å²) in [6.45, 7) is 0. The van der Waals surface area contributed by atoms with E-state index >= 15 is 0 Å². The topological polar surface area (TPSA) is 85.8 Å². The second kappa shape index (κ2) is 6.13. The van der Waals surface area contributed by atoms with E-state index < -0.39 is 11.9 Å². The minimum atomic E-state index is -0.600. The second-order valence-corrected chi connectivity index (χ2v) is 5.52. The normalized spacial score (nSPS) is 15.7. The number of anilines is 2. The highest BCUT2D eigenvalue weighted by atomic mass is 19.1. The lowest BCUT2D eigenvalue weighted by atomic mass is 9.96. The fourth-order valence-electron chi connectivity index (χ4n) is 2.81. The molecule has 3 N–H and O–H groups in total. The lowest BCUT2D eigenvalue weighted by molar-refractivity contribution is 0.100. The number of amides is 1. The van der Waals surface area contributed by atoms with Crippen molar-refractivity contribution in [1.29, 1.82) is 0 Å². The van der Waals surface area contributed by atoms with Crippen molar-refractivity contribution in [3.8, 4) is 0 Å². The van der Waals surface area contributed by atoms with Crippen molar-refractivity contribution in [3.63, 3.8) is 0 Å². The van der Waals surface area contributed by atoms with E-state index in [0.717, 1.165) is 25.7 Å². The minimum Gasteiger partial charge on any atom is -0.365 e. The Morgan fingerprint density at radius 3 is 2.82 bits per heavy atom. The summed E-state index contributed by atoms with van der Waals surface area (Å²) >= 11 is 0. The average molecular weight is 303 g/mol. The van der Waals surface area contributed by atoms with Gasteiger partial charge in [0.1, 0.15) is 5.56 Å². The summed E-state index contributed by atoms with van der Waals surface area (Å²) in [5.41, 5.74) is 6.21. The number of carbonyl (C=O) groups is 1. The number of hydrogen-bond acceptors (Lipinski definition) is 4. The molecule has 0 radical (unpaired) electrons. The molecule has 0 atom stereocenters. The van der Waals surface area contributed by atoms with Gasteiger partial charge >= 0.3 is 0 Å². The van der Waals surface area contributed by atoms with Crippen molar-refractivity contribution in [2.75, 3.05) is 5.32 Å². The molecule has 2 aromatic heterocycles. The van der Waals surface area contributed by atoms with Crippen LogP contribution in [0.25, 0.3) is 0 Å². The minimum absolute atomic E-state index is 0.288. The van der Waals surface area contributed by atoms with Crippen LogP contribution in [0.3, 0.4) is 0 Å². The smallest absolute Gasteiger partial charge is 0.254 e. The molecule has 22 heavy (non-hydrogen) atoms. The van der Waals surface area contributed by atoms with E-state index in [4.69, 9.17) is 5.73 Å². The number of pyridine rings is 1. The highest BCUT2D eigenvalue weighted by Gasteiger charge is 2.21. The molecule has 0 aromatic carbocycles. The molecule has 1 aliphatic carbocycles. The highest BCUT2D eigenvalue weighted by Crippen LogP contribution is 2.29. The van der Waals surface area contributed by atoms with Crippen LogP contribution in [-0.2, 0) is 0 Å². The van der Waals surface area contributed by atoms with Gasteiger partial charge in [0.05, 0.1) is 6.04 Å². The van der Waals surface area contributed by atoms with Crippen LogP contribution in [-0.4, -0.2) is 20.7 Å². The van der Waals surface area contributed by atoms with Gasteiger partial charge in [-0.25, -0.2) is 4.98 Å². The van der Waals surface area contributed by atoms with Crippen LogP contribution >= 0.6 is 0 Å². The van der Waals surface area contributed by atoms with E-state index in [2.05, 4.69) is 15.4 Å². The molecule has 0 unspecified atom stereocenters. The van der Waals surface area contributed by atoms with Crippen molar-refractivity contribution < 1.29 is 9.18 Å². The number of carbonyl (C=O) groups excluding carboxylic acids is 1. The number of nitrogens with one attached hydrogen (secondary N) is 1. The molecule has 1 amide bonds. The van der Waals surface area contributed by atoms with E-state index in [1.54, 1.807) is 16.9 Å². The number of aromatic nitrogens is 3. The van der Waals surface area contributed by atoms with Crippen LogP contribution < -0.4 is 11.1 Å². The standard InChI is InChI=1S/C15H18FN5O/c16-13-8-10(6-7-18-13)19-15-12(14(17)22)9-21(20-15)11-4-2-1-3-5-11/h6-9,11H,1-5H2,(H2,17,22)(H,18,19,20). The van der Waals surface area contributed by atoms with E-state index in [-0.39, 0.29) is 6.04 Å². The van der Waals surface area contributed by atoms with Gasteiger partial charge in [0, 0.05) is 24.1 Å². The van der Waals surface area contributed by atoms with E-state index in [9.17, 15) is 9.18 Å². The Hall–Kier alpha value is -2.44. The molecular weight excluding hydrogens is 285 g/mol. The van der Waals surface area contributed by atoms with Crippen LogP contribution in [0.2, 0.25) is 0 Å². The van der Waals surface area contributed by atoms with Crippen molar-refractivity contribution in [3.05, 3.63) is 36.0 Å². The molecule has 0 aliphatic heterocycles. The Morgan fingerprint density at radius 1 is 1.36 bits per heavy atom. The van der Waals surface area contributed by atoms with Gasteiger partial charge in [0.2, 0.25) is 5.95 Å². The maximum Gasteiger partial charge on any atom is 0.254 e. The van der Waals surface area contributed by atoms with E-state index in [1.165, 1.54) is 18.7 Å².